The number of nitrogens with zero attached hydrogens (tertiary/aromatic N) is 24. The molecule has 8 aliphatic heterocycles. The van der Waals surface area contributed by atoms with E-state index in [-0.39, 0.29) is 36.3 Å². The van der Waals surface area contributed by atoms with Crippen molar-refractivity contribution in [3.8, 4) is 0 Å². The molecule has 8 aliphatic rings. The van der Waals surface area contributed by atoms with Crippen LogP contribution in [0.3, 0.4) is 0 Å². The molecule has 0 bridgehead atoms. The fraction of sp³-hybridized carbons (Fsp3) is 0.515. The zero-order valence-corrected chi connectivity index (χ0v) is 80.1. The van der Waals surface area contributed by atoms with E-state index in [0.717, 1.165) is 277 Å². The largest absolute Gasteiger partial charge is 0.383 e. The van der Waals surface area contributed by atoms with Gasteiger partial charge in [-0.1, -0.05) is 89.7 Å². The van der Waals surface area contributed by atoms with E-state index in [9.17, 15) is 0 Å². The Morgan fingerprint density at radius 2 is 0.672 bits per heavy atom. The van der Waals surface area contributed by atoms with Gasteiger partial charge in [0.25, 0.3) is 0 Å². The predicted octanol–water partition coefficient (Wildman–Crippen LogP) is 18.3. The molecule has 12 aromatic heterocycles. The van der Waals surface area contributed by atoms with Crippen molar-refractivity contribution in [1.82, 2.24) is 96.7 Å². The van der Waals surface area contributed by atoms with Crippen molar-refractivity contribution in [3.63, 3.8) is 0 Å². The van der Waals surface area contributed by atoms with Crippen molar-refractivity contribution >= 4 is 98.1 Å². The van der Waals surface area contributed by atoms with E-state index in [0.29, 0.717) is 24.2 Å². The van der Waals surface area contributed by atoms with Gasteiger partial charge in [-0.3, -0.25) is 57.1 Å². The van der Waals surface area contributed by atoms with Crippen molar-refractivity contribution < 1.29 is 0 Å². The second-order valence-electron chi connectivity index (χ2n) is 37.2. The minimum Gasteiger partial charge on any atom is -0.383 e. The fourth-order valence-electron chi connectivity index (χ4n) is 21.6. The lowest BCUT2D eigenvalue weighted by Crippen LogP contribution is -2.46. The molecule has 20 rings (SSSR count). The summed E-state index contributed by atoms with van der Waals surface area (Å²) in [6.07, 6.45) is 22.9. The smallest absolute Gasteiger partial charge is 0.140 e. The molecule has 12 aromatic rings. The normalized spacial score (nSPS) is 23.3. The van der Waals surface area contributed by atoms with Gasteiger partial charge in [0, 0.05) is 148 Å². The van der Waals surface area contributed by atoms with Crippen LogP contribution < -0.4 is 25.3 Å². The summed E-state index contributed by atoms with van der Waals surface area (Å²) in [5, 5.41) is 2.92. The lowest BCUT2D eigenvalue weighted by molar-refractivity contribution is 0.0453. The molecule has 0 aliphatic carbocycles. The van der Waals surface area contributed by atoms with Gasteiger partial charge in [-0.15, -0.1) is 0 Å². The van der Waals surface area contributed by atoms with E-state index in [2.05, 4.69) is 261 Å². The molecular weight excluding hydrogens is 1680 g/mol. The summed E-state index contributed by atoms with van der Waals surface area (Å²) in [5.41, 5.74) is 21.5. The van der Waals surface area contributed by atoms with E-state index in [1.165, 1.54) is 40.4 Å². The number of likely N-dealkylation sites (tertiary alicyclic amines) is 4. The topological polar surface area (TPSA) is 186 Å². The zero-order valence-electron chi connectivity index (χ0n) is 77.0. The van der Waals surface area contributed by atoms with Crippen molar-refractivity contribution in [2.75, 3.05) is 172 Å². The van der Waals surface area contributed by atoms with Gasteiger partial charge < -0.3 is 44.9 Å². The van der Waals surface area contributed by atoms with Gasteiger partial charge in [0.05, 0.1) is 98.2 Å². The van der Waals surface area contributed by atoms with Crippen LogP contribution in [0, 0.1) is 13.8 Å². The van der Waals surface area contributed by atoms with Gasteiger partial charge in [0.1, 0.15) is 67.7 Å². The van der Waals surface area contributed by atoms with E-state index in [4.69, 9.17) is 82.0 Å². The predicted molar refractivity (Wildman–Crippen MR) is 522 cm³/mol. The molecule has 128 heavy (non-hydrogen) atoms. The second-order valence-corrected chi connectivity index (χ2v) is 38.7. The number of nitrogen functional groups attached to an aromatic ring is 1. The van der Waals surface area contributed by atoms with Crippen molar-refractivity contribution in [2.45, 2.75) is 186 Å². The van der Waals surface area contributed by atoms with Gasteiger partial charge in [0.15, 0.2) is 0 Å². The van der Waals surface area contributed by atoms with Crippen LogP contribution in [-0.4, -0.2) is 255 Å². The highest BCUT2D eigenvalue weighted by molar-refractivity contribution is 6.32. The Morgan fingerprint density at radius 1 is 0.344 bits per heavy atom. The molecule has 2 N–H and O–H groups in total. The maximum absolute atomic E-state index is 7.16. The van der Waals surface area contributed by atoms with E-state index in [1.54, 1.807) is 0 Å². The quantitative estimate of drug-likeness (QED) is 0.102. The zero-order chi connectivity index (χ0) is 89.1. The lowest BCUT2D eigenvalue weighted by Gasteiger charge is -2.44. The van der Waals surface area contributed by atoms with Crippen LogP contribution in [0.25, 0.3) is 22.6 Å². The number of piperidine rings is 4. The maximum Gasteiger partial charge on any atom is 0.140 e. The van der Waals surface area contributed by atoms with E-state index >= 15 is 0 Å². The SMILES string of the molecule is CCN1CCN(c2cccc3nc([C@H]4CCC[C@@H](c5ncccc5Cl)N4C)c(Cl)n23)CC1.CN1CCN(c2cccc3nc([C@H]4CCC[C@@H](c5ncccc5Cl)N4C)c(N)n23)CC1.Cc1cccnc1[C@@H]1CCC[C@H](c2cn3c(N4CCN(C)CC4)cccc3n2)N1C(C)C.Cc1cccnc1[C@@H]1CCC[C@H](c2nc3cccc(N4CCN(C)CC4)n3c2Cl)N1C(C)C. The molecule has 25 nitrogen and oxygen atoms in total. The number of fused-ring (bicyclic) bond motifs is 4. The first-order chi connectivity index (χ1) is 62.1. The summed E-state index contributed by atoms with van der Waals surface area (Å²) in [7, 11) is 10.8. The first-order valence-electron chi connectivity index (χ1n) is 47.0. The molecule has 0 saturated carbocycles. The first kappa shape index (κ1) is 91.1. The number of rotatable bonds is 15. The number of halogens is 4. The number of pyridine rings is 8. The monoisotopic (exact) mass is 1810 g/mol. The van der Waals surface area contributed by atoms with Crippen molar-refractivity contribution in [2.24, 2.45) is 0 Å². The van der Waals surface area contributed by atoms with E-state index in [1.807, 2.05) is 61.2 Å². The summed E-state index contributed by atoms with van der Waals surface area (Å²) in [5.74, 6) is 5.41. The summed E-state index contributed by atoms with van der Waals surface area (Å²) in [6.45, 7) is 33.6. The molecule has 8 fully saturated rings. The minimum absolute atomic E-state index is 0.129. The molecule has 20 heterocycles. The average molecular weight is 1810 g/mol. The number of nitrogens with two attached hydrogens (primary N) is 1. The number of piperazine rings is 4. The lowest BCUT2D eigenvalue weighted by atomic mass is 9.89. The van der Waals surface area contributed by atoms with Crippen LogP contribution in [0.15, 0.2) is 152 Å². The Kier molecular flexibility index (Phi) is 28.8. The van der Waals surface area contributed by atoms with Crippen LogP contribution in [0.4, 0.5) is 29.1 Å². The van der Waals surface area contributed by atoms with Crippen LogP contribution in [0.1, 0.15) is 217 Å². The Balaban J connectivity index is 0.000000120. The third-order valence-corrected chi connectivity index (χ3v) is 30.0. The summed E-state index contributed by atoms with van der Waals surface area (Å²) >= 11 is 27.2. The Hall–Kier alpha value is -8.80. The summed E-state index contributed by atoms with van der Waals surface area (Å²) < 4.78 is 8.74. The van der Waals surface area contributed by atoms with Crippen molar-refractivity contribution in [3.05, 3.63) is 229 Å². The number of likely N-dealkylation sites (N-methyl/N-ethyl adjacent to an activating group) is 4. The van der Waals surface area contributed by atoms with Gasteiger partial charge in [-0.25, -0.2) is 19.9 Å². The number of anilines is 5. The van der Waals surface area contributed by atoms with Crippen LogP contribution in [-0.2, 0) is 0 Å². The number of aromatic nitrogens is 12. The Bertz CT molecular complexity index is 5740. The van der Waals surface area contributed by atoms with Gasteiger partial charge in [-0.2, -0.15) is 0 Å². The highest BCUT2D eigenvalue weighted by Crippen LogP contribution is 2.50. The van der Waals surface area contributed by atoms with Gasteiger partial charge in [-0.05, 0) is 256 Å². The molecule has 0 unspecified atom stereocenters. The Morgan fingerprint density at radius 3 is 1.09 bits per heavy atom. The molecule has 8 atom stereocenters. The number of aryl methyl sites for hydroxylation is 2. The highest BCUT2D eigenvalue weighted by Gasteiger charge is 2.42. The third-order valence-electron chi connectivity index (χ3n) is 28.6. The molecule has 0 spiro atoms. The molecule has 8 saturated heterocycles. The minimum atomic E-state index is 0.129. The average Bonchev–Trinajstić information content (AvgIpc) is 1.63. The highest BCUT2D eigenvalue weighted by atomic mass is 35.5. The molecule has 0 aromatic carbocycles. The standard InChI is InChI=1S/C26H35ClN6.C26H36N6.C24H30Cl2N6.C23H30ClN7/c1-18(2)32-20(24-19(3)8-7-13-28-24)9-5-10-21(32)25-26(27)33-22(29-25)11-6-12-23(33)31-16-14-30(4)15-17-31;1-19(2)32-22(9-5-10-23(32)26-20(3)8-7-13-27-26)21-18-31-24(28-21)11-6-12-25(31)30-16-14-29(4)15-17-30;1-3-30-13-15-31(16-14-30)21-11-5-10-20-28-23(24(26)32(20)21)19-9-4-8-18(29(19)2)22-17(25)7-6-12-27-22;1-28-12-14-30(15-13-28)20-10-4-9-19-27-22(23(25)31(19)20)18-8-3-7-17(29(18)2)21-16(24)6-5-11-26-21/h6-8,11-13,18,20-21H,5,9-10,14-17H2,1-4H3;6-8,11-13,18-19,22-23H,5,9-10,14-17H2,1-4H3;5-7,10-12,18-19H,3-4,8-9,13-16H2,1-2H3;4-6,9-11,17-18H,3,7-8,12-15,25H2,1-2H3/t20-,21+;22-,23+;18-,19+;17-,18+/m0100/s1. The number of imidazole rings is 4. The Labute approximate surface area is 776 Å². The van der Waals surface area contributed by atoms with E-state index < -0.39 is 0 Å². The first-order valence-corrected chi connectivity index (χ1v) is 48.5. The molecule has 0 amide bonds. The number of hydrogen-bond donors (Lipinski definition) is 1. The van der Waals surface area contributed by atoms with Gasteiger partial charge in [0.2, 0.25) is 0 Å². The maximum atomic E-state index is 7.16. The van der Waals surface area contributed by atoms with Gasteiger partial charge >= 0.3 is 0 Å². The molecular formula is C99H131Cl4N25. The summed E-state index contributed by atoms with van der Waals surface area (Å²) in [4.78, 5) is 68.5. The van der Waals surface area contributed by atoms with Crippen molar-refractivity contribution in [1.29, 1.82) is 0 Å². The van der Waals surface area contributed by atoms with Crippen LogP contribution in [0.5, 0.6) is 0 Å². The fourth-order valence-corrected chi connectivity index (χ4v) is 22.8. The second kappa shape index (κ2) is 40.5. The molecule has 29 heteroatoms. The molecule has 0 radical (unpaired) electrons. The van der Waals surface area contributed by atoms with Crippen LogP contribution in [0.2, 0.25) is 20.4 Å². The van der Waals surface area contributed by atoms with Crippen LogP contribution >= 0.6 is 46.4 Å². The molecule has 680 valence electrons. The third kappa shape index (κ3) is 18.9. The number of hydrogen-bond acceptors (Lipinski definition) is 21. The summed E-state index contributed by atoms with van der Waals surface area (Å²) in [6, 6.07) is 44.0.